The number of esters is 1. The normalized spacial score (nSPS) is 17.1. The maximum Gasteiger partial charge on any atom is 0.308 e. The van der Waals surface area contributed by atoms with E-state index >= 15 is 0 Å². The molecule has 1 atom stereocenters. The highest BCUT2D eigenvalue weighted by Crippen LogP contribution is 2.45. The monoisotopic (exact) mass is 467 g/mol. The molecule has 0 bridgehead atoms. The van der Waals surface area contributed by atoms with Crippen molar-refractivity contribution in [3.8, 4) is 17.2 Å². The van der Waals surface area contributed by atoms with Crippen LogP contribution in [0.4, 0.5) is 5.69 Å². The van der Waals surface area contributed by atoms with Crippen molar-refractivity contribution in [2.45, 2.75) is 98.0 Å². The summed E-state index contributed by atoms with van der Waals surface area (Å²) in [6.07, 6.45) is 10.1. The Morgan fingerprint density at radius 1 is 1.00 bits per heavy atom. The molecule has 0 aromatic heterocycles. The number of nitrogen functional groups attached to an aromatic ring is 1. The Hall–Kier alpha value is -2.69. The third kappa shape index (κ3) is 6.25. The first-order chi connectivity index (χ1) is 16.3. The summed E-state index contributed by atoms with van der Waals surface area (Å²) in [4.78, 5) is 11.7. The predicted octanol–water partition coefficient (Wildman–Crippen LogP) is 7.01. The molecule has 5 nitrogen and oxygen atoms in total. The molecule has 2 aromatic carbocycles. The van der Waals surface area contributed by atoms with E-state index in [1.54, 1.807) is 0 Å². The highest BCUT2D eigenvalue weighted by Gasteiger charge is 2.39. The molecule has 2 N–H and O–H groups in total. The zero-order valence-corrected chi connectivity index (χ0v) is 21.6. The molecule has 1 unspecified atom stereocenters. The Bertz CT molecular complexity index is 983. The number of hydrogen-bond donors (Lipinski definition) is 1. The van der Waals surface area contributed by atoms with Crippen molar-refractivity contribution in [3.05, 3.63) is 46.5 Å². The summed E-state index contributed by atoms with van der Waals surface area (Å²) in [5.41, 5.74) is 10.3. The summed E-state index contributed by atoms with van der Waals surface area (Å²) >= 11 is 0. The van der Waals surface area contributed by atoms with E-state index in [0.29, 0.717) is 12.4 Å². The average molecular weight is 468 g/mol. The number of anilines is 1. The Kier molecular flexibility index (Phi) is 8.87. The second kappa shape index (κ2) is 11.6. The number of fused-ring (bicyclic) bond motifs is 1. The molecule has 0 fully saturated rings. The van der Waals surface area contributed by atoms with Gasteiger partial charge in [-0.25, -0.2) is 0 Å². The van der Waals surface area contributed by atoms with Crippen LogP contribution in [0, 0.1) is 20.8 Å². The Morgan fingerprint density at radius 2 is 1.68 bits per heavy atom. The van der Waals surface area contributed by atoms with Crippen LogP contribution in [-0.2, 0) is 11.2 Å². The molecule has 0 saturated carbocycles. The molecule has 0 saturated heterocycles. The van der Waals surface area contributed by atoms with Crippen LogP contribution in [0.15, 0.2) is 24.3 Å². The molecule has 3 rings (SSSR count). The topological polar surface area (TPSA) is 70.8 Å². The van der Waals surface area contributed by atoms with Crippen molar-refractivity contribution in [2.24, 2.45) is 0 Å². The van der Waals surface area contributed by atoms with Gasteiger partial charge in [-0.15, -0.1) is 0 Å². The third-order valence-electron chi connectivity index (χ3n) is 7.07. The van der Waals surface area contributed by atoms with Crippen LogP contribution in [0.1, 0.15) is 87.5 Å². The van der Waals surface area contributed by atoms with Gasteiger partial charge in [-0.05, 0) is 87.4 Å². The van der Waals surface area contributed by atoms with E-state index in [9.17, 15) is 4.79 Å². The van der Waals surface area contributed by atoms with Gasteiger partial charge in [0.2, 0.25) is 0 Å². The van der Waals surface area contributed by atoms with Gasteiger partial charge in [-0.1, -0.05) is 39.0 Å². The fraction of sp³-hybridized carbons (Fsp3) is 0.552. The molecule has 0 amide bonds. The number of rotatable bonds is 11. The quantitative estimate of drug-likeness (QED) is 0.166. The molecule has 186 valence electrons. The number of carbonyl (C=O) groups excluding carboxylic acids is 1. The number of nitrogens with two attached hydrogens (primary N) is 1. The Balaban J connectivity index is 1.83. The van der Waals surface area contributed by atoms with E-state index in [0.717, 1.165) is 65.1 Å². The minimum absolute atomic E-state index is 0.295. The highest BCUT2D eigenvalue weighted by molar-refractivity contribution is 5.72. The number of benzene rings is 2. The summed E-state index contributed by atoms with van der Waals surface area (Å²) < 4.78 is 18.7. The third-order valence-corrected chi connectivity index (χ3v) is 7.07. The van der Waals surface area contributed by atoms with Gasteiger partial charge in [-0.3, -0.25) is 4.79 Å². The Morgan fingerprint density at radius 3 is 2.35 bits per heavy atom. The second-order valence-electron chi connectivity index (χ2n) is 9.77. The maximum atomic E-state index is 11.7. The van der Waals surface area contributed by atoms with E-state index in [2.05, 4.69) is 13.8 Å². The van der Waals surface area contributed by atoms with Crippen molar-refractivity contribution in [1.29, 1.82) is 0 Å². The summed E-state index contributed by atoms with van der Waals surface area (Å²) in [5, 5.41) is 0. The smallest absolute Gasteiger partial charge is 0.308 e. The van der Waals surface area contributed by atoms with Crippen LogP contribution in [0.25, 0.3) is 0 Å². The van der Waals surface area contributed by atoms with Crippen LogP contribution in [0.3, 0.4) is 0 Å². The molecule has 0 spiro atoms. The highest BCUT2D eigenvalue weighted by atomic mass is 16.5. The molecule has 1 aliphatic rings. The van der Waals surface area contributed by atoms with Gasteiger partial charge >= 0.3 is 5.97 Å². The van der Waals surface area contributed by atoms with Gasteiger partial charge < -0.3 is 19.9 Å². The molecular formula is C29H41NO4. The zero-order chi connectivity index (χ0) is 24.7. The van der Waals surface area contributed by atoms with Crippen LogP contribution in [0.2, 0.25) is 0 Å². The van der Waals surface area contributed by atoms with Gasteiger partial charge in [0.15, 0.2) is 0 Å². The number of ether oxygens (including phenoxy) is 3. The fourth-order valence-electron chi connectivity index (χ4n) is 4.87. The molecule has 34 heavy (non-hydrogen) atoms. The van der Waals surface area contributed by atoms with Crippen molar-refractivity contribution in [1.82, 2.24) is 0 Å². The standard InChI is InChI=1S/C29H41NO4/c1-6-7-8-9-10-11-17-29(19-32-25-14-12-24(30)13-15-25)18-16-26-22(4)27(33-23(5)31)20(2)21(3)28(26)34-29/h12-15H,6-11,16-19,30H2,1-5H3. The molecule has 2 aromatic rings. The average Bonchev–Trinajstić information content (AvgIpc) is 2.82. The molecule has 1 heterocycles. The number of hydrogen-bond acceptors (Lipinski definition) is 5. The lowest BCUT2D eigenvalue weighted by atomic mass is 9.83. The van der Waals surface area contributed by atoms with Gasteiger partial charge in [0.1, 0.15) is 29.5 Å². The van der Waals surface area contributed by atoms with E-state index < -0.39 is 0 Å². The molecule has 5 heteroatoms. The first-order valence-electron chi connectivity index (χ1n) is 12.7. The van der Waals surface area contributed by atoms with Crippen LogP contribution in [0.5, 0.6) is 17.2 Å². The van der Waals surface area contributed by atoms with Crippen LogP contribution < -0.4 is 19.9 Å². The minimum atomic E-state index is -0.383. The summed E-state index contributed by atoms with van der Waals surface area (Å²) in [6, 6.07) is 7.55. The van der Waals surface area contributed by atoms with Crippen molar-refractivity contribution in [2.75, 3.05) is 12.3 Å². The molecule has 0 radical (unpaired) electrons. The predicted molar refractivity (Wildman–Crippen MR) is 138 cm³/mol. The lowest BCUT2D eigenvalue weighted by Crippen LogP contribution is -2.45. The van der Waals surface area contributed by atoms with Crippen LogP contribution in [-0.4, -0.2) is 18.2 Å². The zero-order valence-electron chi connectivity index (χ0n) is 21.6. The van der Waals surface area contributed by atoms with Crippen LogP contribution >= 0.6 is 0 Å². The van der Waals surface area contributed by atoms with Crippen molar-refractivity contribution in [3.63, 3.8) is 0 Å². The number of carbonyl (C=O) groups is 1. The van der Waals surface area contributed by atoms with Crippen molar-refractivity contribution < 1.29 is 19.0 Å². The number of unbranched alkanes of at least 4 members (excludes halogenated alkanes) is 5. The van der Waals surface area contributed by atoms with Gasteiger partial charge in [0, 0.05) is 18.2 Å². The lowest BCUT2D eigenvalue weighted by Gasteiger charge is -2.40. The largest absolute Gasteiger partial charge is 0.489 e. The van der Waals surface area contributed by atoms with E-state index in [1.807, 2.05) is 38.1 Å². The lowest BCUT2D eigenvalue weighted by molar-refractivity contribution is -0.132. The van der Waals surface area contributed by atoms with Crippen molar-refractivity contribution >= 4 is 11.7 Å². The van der Waals surface area contributed by atoms with Gasteiger partial charge in [0.05, 0.1) is 0 Å². The molecule has 0 aliphatic carbocycles. The maximum absolute atomic E-state index is 11.7. The molecule has 1 aliphatic heterocycles. The molecular weight excluding hydrogens is 426 g/mol. The van der Waals surface area contributed by atoms with Gasteiger partial charge in [-0.2, -0.15) is 0 Å². The van der Waals surface area contributed by atoms with E-state index in [-0.39, 0.29) is 11.6 Å². The summed E-state index contributed by atoms with van der Waals surface area (Å²) in [7, 11) is 0. The van der Waals surface area contributed by atoms with E-state index in [1.165, 1.54) is 39.0 Å². The fourth-order valence-corrected chi connectivity index (χ4v) is 4.87. The van der Waals surface area contributed by atoms with Gasteiger partial charge in [0.25, 0.3) is 0 Å². The first-order valence-corrected chi connectivity index (χ1v) is 12.7. The second-order valence-corrected chi connectivity index (χ2v) is 9.77. The Labute approximate surface area is 205 Å². The summed E-state index contributed by atoms with van der Waals surface area (Å²) in [6.45, 7) is 10.3. The van der Waals surface area contributed by atoms with E-state index in [4.69, 9.17) is 19.9 Å². The first kappa shape index (κ1) is 25.9. The summed E-state index contributed by atoms with van der Waals surface area (Å²) in [5.74, 6) is 2.12. The minimum Gasteiger partial charge on any atom is -0.489 e. The SMILES string of the molecule is CCCCCCCCC1(COc2ccc(N)cc2)CCc2c(C)c(OC(C)=O)c(C)c(C)c2O1.